The van der Waals surface area contributed by atoms with Crippen LogP contribution in [0.5, 0.6) is 0 Å². The second kappa shape index (κ2) is 4.94. The van der Waals surface area contributed by atoms with Crippen molar-refractivity contribution in [3.8, 4) is 0 Å². The van der Waals surface area contributed by atoms with Gasteiger partial charge in [0.15, 0.2) is 0 Å². The first kappa shape index (κ1) is 16.2. The number of hydrogen-bond acceptors (Lipinski definition) is 1. The van der Waals surface area contributed by atoms with Gasteiger partial charge >= 0.3 is 18.0 Å². The second-order valence-corrected chi connectivity index (χ2v) is 4.85. The van der Waals surface area contributed by atoms with Crippen LogP contribution in [0.25, 0.3) is 0 Å². The van der Waals surface area contributed by atoms with E-state index < -0.39 is 42.7 Å². The van der Waals surface area contributed by atoms with Crippen LogP contribution in [0.4, 0.5) is 30.7 Å². The van der Waals surface area contributed by atoms with Crippen LogP contribution in [0.15, 0.2) is 0 Å². The van der Waals surface area contributed by atoms with E-state index in [-0.39, 0.29) is 18.6 Å². The molecule has 8 heteroatoms. The Morgan fingerprint density at radius 2 is 1.32 bits per heavy atom. The first-order valence-corrected chi connectivity index (χ1v) is 5.74. The molecule has 0 heterocycles. The van der Waals surface area contributed by atoms with Crippen molar-refractivity contribution in [1.82, 2.24) is 0 Å². The van der Waals surface area contributed by atoms with Gasteiger partial charge in [0.1, 0.15) is 5.78 Å². The van der Waals surface area contributed by atoms with Gasteiger partial charge in [0, 0.05) is 11.8 Å². The lowest BCUT2D eigenvalue weighted by molar-refractivity contribution is -0.367. The highest BCUT2D eigenvalue weighted by Gasteiger charge is 2.74. The lowest BCUT2D eigenvalue weighted by Crippen LogP contribution is -2.56. The van der Waals surface area contributed by atoms with Gasteiger partial charge < -0.3 is 0 Å². The molecule has 1 aliphatic rings. The van der Waals surface area contributed by atoms with E-state index in [2.05, 4.69) is 0 Å². The molecule has 19 heavy (non-hydrogen) atoms. The normalized spacial score (nSPS) is 26.3. The number of halogens is 7. The Balaban J connectivity index is 2.83. The molecular formula is C11H13F7O. The van der Waals surface area contributed by atoms with Crippen LogP contribution in [0.2, 0.25) is 0 Å². The van der Waals surface area contributed by atoms with Crippen LogP contribution in [0.3, 0.4) is 0 Å². The standard InChI is InChI=1S/C11H13F7O/c1-6(19)7-2-4-8(5-3-7)9(12,13)10(14,15)11(16,17)18/h7-8H,2-5H2,1H3. The minimum Gasteiger partial charge on any atom is -0.300 e. The largest absolute Gasteiger partial charge is 0.459 e. The van der Waals surface area contributed by atoms with E-state index in [9.17, 15) is 35.5 Å². The first-order chi connectivity index (χ1) is 8.41. The molecular weight excluding hydrogens is 281 g/mol. The molecule has 1 saturated carbocycles. The van der Waals surface area contributed by atoms with Crippen molar-refractivity contribution in [2.75, 3.05) is 0 Å². The summed E-state index contributed by atoms with van der Waals surface area (Å²) in [7, 11) is 0. The summed E-state index contributed by atoms with van der Waals surface area (Å²) in [5.74, 6) is -14.0. The smallest absolute Gasteiger partial charge is 0.300 e. The predicted octanol–water partition coefficient (Wildman–Crippen LogP) is 4.21. The van der Waals surface area contributed by atoms with Crippen molar-refractivity contribution in [3.63, 3.8) is 0 Å². The van der Waals surface area contributed by atoms with Crippen LogP contribution >= 0.6 is 0 Å². The summed E-state index contributed by atoms with van der Waals surface area (Å²) in [4.78, 5) is 11.0. The van der Waals surface area contributed by atoms with Crippen molar-refractivity contribution in [2.45, 2.75) is 50.6 Å². The van der Waals surface area contributed by atoms with Gasteiger partial charge in [-0.1, -0.05) is 0 Å². The fourth-order valence-electron chi connectivity index (χ4n) is 2.31. The summed E-state index contributed by atoms with van der Waals surface area (Å²) in [5.41, 5.74) is 0. The Bertz CT molecular complexity index is 339. The summed E-state index contributed by atoms with van der Waals surface area (Å²) in [5, 5.41) is 0. The molecule has 0 radical (unpaired) electrons. The third kappa shape index (κ3) is 2.86. The number of rotatable bonds is 3. The Kier molecular flexibility index (Phi) is 4.22. The molecule has 0 N–H and O–H groups in total. The molecule has 1 fully saturated rings. The van der Waals surface area contributed by atoms with E-state index >= 15 is 0 Å². The maximum atomic E-state index is 13.4. The van der Waals surface area contributed by atoms with E-state index in [1.165, 1.54) is 6.92 Å². The fourth-order valence-corrected chi connectivity index (χ4v) is 2.31. The Labute approximate surface area is 105 Å². The highest BCUT2D eigenvalue weighted by molar-refractivity contribution is 5.78. The molecule has 0 amide bonds. The lowest BCUT2D eigenvalue weighted by atomic mass is 9.76. The van der Waals surface area contributed by atoms with Crippen molar-refractivity contribution >= 4 is 5.78 Å². The van der Waals surface area contributed by atoms with E-state index in [0.717, 1.165) is 0 Å². The summed E-state index contributed by atoms with van der Waals surface area (Å²) >= 11 is 0. The highest BCUT2D eigenvalue weighted by Crippen LogP contribution is 2.53. The molecule has 1 nitrogen and oxygen atoms in total. The SMILES string of the molecule is CC(=O)C1CCC(C(F)(F)C(F)(F)C(F)(F)F)CC1. The van der Waals surface area contributed by atoms with Crippen LogP contribution in [-0.2, 0) is 4.79 Å². The predicted molar refractivity (Wildman–Crippen MR) is 52.1 cm³/mol. The average molecular weight is 294 g/mol. The monoisotopic (exact) mass is 294 g/mol. The topological polar surface area (TPSA) is 17.1 Å². The summed E-state index contributed by atoms with van der Waals surface area (Å²) < 4.78 is 88.3. The first-order valence-electron chi connectivity index (χ1n) is 5.74. The molecule has 0 aromatic rings. The molecule has 1 rings (SSSR count). The summed E-state index contributed by atoms with van der Waals surface area (Å²) in [6, 6.07) is 0. The fraction of sp³-hybridized carbons (Fsp3) is 0.909. The lowest BCUT2D eigenvalue weighted by Gasteiger charge is -2.37. The van der Waals surface area contributed by atoms with Gasteiger partial charge in [-0.3, -0.25) is 4.79 Å². The highest BCUT2D eigenvalue weighted by atomic mass is 19.4. The molecule has 0 spiro atoms. The van der Waals surface area contributed by atoms with Gasteiger partial charge in [-0.05, 0) is 32.6 Å². The zero-order valence-electron chi connectivity index (χ0n) is 10.0. The maximum absolute atomic E-state index is 13.4. The van der Waals surface area contributed by atoms with Gasteiger partial charge in [-0.2, -0.15) is 30.7 Å². The number of ketones is 1. The summed E-state index contributed by atoms with van der Waals surface area (Å²) in [6.07, 6.45) is -7.47. The average Bonchev–Trinajstić information content (AvgIpc) is 2.27. The Morgan fingerprint density at radius 1 is 0.895 bits per heavy atom. The third-order valence-electron chi connectivity index (χ3n) is 3.59. The number of alkyl halides is 7. The quantitative estimate of drug-likeness (QED) is 0.712. The molecule has 0 bridgehead atoms. The number of hydrogen-bond donors (Lipinski definition) is 0. The van der Waals surface area contributed by atoms with Crippen LogP contribution < -0.4 is 0 Å². The van der Waals surface area contributed by atoms with Gasteiger partial charge in [0.2, 0.25) is 0 Å². The molecule has 0 unspecified atom stereocenters. The van der Waals surface area contributed by atoms with E-state index in [0.29, 0.717) is 0 Å². The molecule has 1 aliphatic carbocycles. The van der Waals surface area contributed by atoms with Crippen molar-refractivity contribution in [2.24, 2.45) is 11.8 Å². The van der Waals surface area contributed by atoms with Crippen LogP contribution in [-0.4, -0.2) is 23.8 Å². The van der Waals surface area contributed by atoms with Crippen molar-refractivity contribution in [1.29, 1.82) is 0 Å². The minimum atomic E-state index is -6.28. The zero-order valence-corrected chi connectivity index (χ0v) is 10.0. The Hall–Kier alpha value is -0.820. The van der Waals surface area contributed by atoms with E-state index in [4.69, 9.17) is 0 Å². The second-order valence-electron chi connectivity index (χ2n) is 4.85. The number of carbonyl (C=O) groups excluding carboxylic acids is 1. The molecule has 0 aromatic heterocycles. The maximum Gasteiger partial charge on any atom is 0.459 e. The summed E-state index contributed by atoms with van der Waals surface area (Å²) in [6.45, 7) is 1.24. The molecule has 112 valence electrons. The van der Waals surface area contributed by atoms with Crippen molar-refractivity contribution in [3.05, 3.63) is 0 Å². The van der Waals surface area contributed by atoms with Crippen LogP contribution in [0.1, 0.15) is 32.6 Å². The Morgan fingerprint density at radius 3 is 1.63 bits per heavy atom. The van der Waals surface area contributed by atoms with Crippen molar-refractivity contribution < 1.29 is 35.5 Å². The van der Waals surface area contributed by atoms with Gasteiger partial charge in [0.05, 0.1) is 0 Å². The van der Waals surface area contributed by atoms with Gasteiger partial charge in [-0.15, -0.1) is 0 Å². The molecule has 0 aliphatic heterocycles. The van der Waals surface area contributed by atoms with Gasteiger partial charge in [0.25, 0.3) is 0 Å². The molecule has 0 atom stereocenters. The zero-order chi connectivity index (χ0) is 15.1. The molecule has 0 aromatic carbocycles. The van der Waals surface area contributed by atoms with E-state index in [1.54, 1.807) is 0 Å². The number of Topliss-reactive ketones (excluding diaryl/α,β-unsaturated/α-hetero) is 1. The van der Waals surface area contributed by atoms with E-state index in [1.807, 2.05) is 0 Å². The molecule has 0 saturated heterocycles. The van der Waals surface area contributed by atoms with Gasteiger partial charge in [-0.25, -0.2) is 0 Å². The van der Waals surface area contributed by atoms with Crippen LogP contribution in [0, 0.1) is 11.8 Å². The third-order valence-corrected chi connectivity index (χ3v) is 3.59. The number of carbonyl (C=O) groups is 1. The minimum absolute atomic E-state index is 0.0798.